The predicted molar refractivity (Wildman–Crippen MR) is 61.6 cm³/mol. The lowest BCUT2D eigenvalue weighted by Gasteiger charge is -2.04. The lowest BCUT2D eigenvalue weighted by atomic mass is 10.4. The van der Waals surface area contributed by atoms with E-state index >= 15 is 0 Å². The van der Waals surface area contributed by atoms with Crippen molar-refractivity contribution in [2.75, 3.05) is 5.73 Å². The van der Waals surface area contributed by atoms with Crippen molar-refractivity contribution < 1.29 is 4.42 Å². The number of anilines is 1. The van der Waals surface area contributed by atoms with Gasteiger partial charge in [0, 0.05) is 0 Å². The van der Waals surface area contributed by atoms with Crippen molar-refractivity contribution in [3.8, 4) is 0 Å². The summed E-state index contributed by atoms with van der Waals surface area (Å²) in [5, 5.41) is 1.20. The summed E-state index contributed by atoms with van der Waals surface area (Å²) in [5.74, 6) is 0. The van der Waals surface area contributed by atoms with E-state index in [1.165, 1.54) is 11.8 Å². The lowest BCUT2D eigenvalue weighted by molar-refractivity contribution is 0.454. The normalized spacial score (nSPS) is 10.7. The molecule has 0 radical (unpaired) electrons. The highest BCUT2D eigenvalue weighted by atomic mass is 35.5. The fourth-order valence-corrected chi connectivity index (χ4v) is 2.16. The smallest absolute Gasteiger partial charge is 0.262 e. The molecule has 0 spiro atoms. The van der Waals surface area contributed by atoms with Crippen molar-refractivity contribution in [2.24, 2.45) is 0 Å². The summed E-state index contributed by atoms with van der Waals surface area (Å²) in [5.41, 5.74) is 7.77. The Hall–Kier alpha value is -1.27. The van der Waals surface area contributed by atoms with Gasteiger partial charge in [-0.2, -0.15) is 0 Å². The monoisotopic (exact) mass is 256 g/mol. The van der Waals surface area contributed by atoms with Crippen LogP contribution in [0.3, 0.4) is 0 Å². The van der Waals surface area contributed by atoms with Crippen LogP contribution in [0.1, 0.15) is 11.4 Å². The highest BCUT2D eigenvalue weighted by Crippen LogP contribution is 2.31. The third-order valence-corrected chi connectivity index (χ3v) is 2.89. The molecule has 0 bridgehead atoms. The molecule has 0 saturated carbocycles. The minimum Gasteiger partial charge on any atom is -0.439 e. The van der Waals surface area contributed by atoms with Gasteiger partial charge in [-0.05, 0) is 37.2 Å². The molecule has 84 valence electrons. The maximum Gasteiger partial charge on any atom is 0.262 e. The minimum absolute atomic E-state index is 0.164. The van der Waals surface area contributed by atoms with Gasteiger partial charge in [-0.1, -0.05) is 0 Å². The number of oxazole rings is 1. The van der Waals surface area contributed by atoms with Crippen molar-refractivity contribution >= 4 is 29.1 Å². The third-order valence-electron chi connectivity index (χ3n) is 1.86. The van der Waals surface area contributed by atoms with Crippen LogP contribution in [0.15, 0.2) is 20.9 Å². The quantitative estimate of drug-likeness (QED) is 0.657. The number of nitrogen functional groups attached to an aromatic ring is 1. The number of nitrogens with zero attached hydrogens (tertiary/aromatic N) is 3. The SMILES string of the molecule is Cc1coc(Sc2nc(Cl)nc(C)c2N)n1. The van der Waals surface area contributed by atoms with E-state index in [1.807, 2.05) is 6.92 Å². The van der Waals surface area contributed by atoms with Crippen molar-refractivity contribution in [1.29, 1.82) is 0 Å². The minimum atomic E-state index is 0.164. The van der Waals surface area contributed by atoms with E-state index in [1.54, 1.807) is 13.2 Å². The summed E-state index contributed by atoms with van der Waals surface area (Å²) in [7, 11) is 0. The van der Waals surface area contributed by atoms with E-state index in [2.05, 4.69) is 15.0 Å². The number of rotatable bonds is 2. The molecular weight excluding hydrogens is 248 g/mol. The molecule has 0 aliphatic heterocycles. The maximum absolute atomic E-state index is 5.83. The Bertz CT molecular complexity index is 528. The number of aromatic nitrogens is 3. The van der Waals surface area contributed by atoms with E-state index in [4.69, 9.17) is 21.8 Å². The Kier molecular flexibility index (Phi) is 3.02. The van der Waals surface area contributed by atoms with Crippen molar-refractivity contribution in [2.45, 2.75) is 24.1 Å². The van der Waals surface area contributed by atoms with E-state index in [9.17, 15) is 0 Å². The van der Waals surface area contributed by atoms with Gasteiger partial charge >= 0.3 is 0 Å². The number of halogens is 1. The van der Waals surface area contributed by atoms with Gasteiger partial charge in [0.15, 0.2) is 0 Å². The second-order valence-corrected chi connectivity index (χ2v) is 4.43. The topological polar surface area (TPSA) is 77.8 Å². The first-order chi connectivity index (χ1) is 7.56. The van der Waals surface area contributed by atoms with Gasteiger partial charge in [0.25, 0.3) is 5.22 Å². The summed E-state index contributed by atoms with van der Waals surface area (Å²) in [6.07, 6.45) is 1.56. The average molecular weight is 257 g/mol. The molecule has 7 heteroatoms. The summed E-state index contributed by atoms with van der Waals surface area (Å²) >= 11 is 6.98. The molecule has 0 aliphatic rings. The van der Waals surface area contributed by atoms with Crippen LogP contribution in [0.5, 0.6) is 0 Å². The van der Waals surface area contributed by atoms with Gasteiger partial charge in [-0.3, -0.25) is 0 Å². The van der Waals surface area contributed by atoms with Gasteiger partial charge in [-0.25, -0.2) is 15.0 Å². The Morgan fingerprint density at radius 3 is 2.69 bits per heavy atom. The van der Waals surface area contributed by atoms with Crippen LogP contribution < -0.4 is 5.73 Å². The molecule has 2 aromatic heterocycles. The zero-order chi connectivity index (χ0) is 11.7. The van der Waals surface area contributed by atoms with Gasteiger partial charge in [0.2, 0.25) is 5.28 Å². The molecule has 2 heterocycles. The van der Waals surface area contributed by atoms with Crippen LogP contribution in [-0.2, 0) is 0 Å². The van der Waals surface area contributed by atoms with E-state index in [0.29, 0.717) is 21.6 Å². The van der Waals surface area contributed by atoms with Crippen molar-refractivity contribution in [3.05, 3.63) is 22.9 Å². The summed E-state index contributed by atoms with van der Waals surface area (Å²) in [4.78, 5) is 12.1. The Labute approximate surface area is 101 Å². The van der Waals surface area contributed by atoms with Crippen molar-refractivity contribution in [1.82, 2.24) is 15.0 Å². The molecule has 0 unspecified atom stereocenters. The van der Waals surface area contributed by atoms with Crippen LogP contribution in [0.4, 0.5) is 5.69 Å². The second kappa shape index (κ2) is 4.31. The molecule has 0 atom stereocenters. The third kappa shape index (κ3) is 2.28. The largest absolute Gasteiger partial charge is 0.439 e. The lowest BCUT2D eigenvalue weighted by Crippen LogP contribution is -1.99. The van der Waals surface area contributed by atoms with Gasteiger partial charge < -0.3 is 10.2 Å². The van der Waals surface area contributed by atoms with Gasteiger partial charge in [-0.15, -0.1) is 0 Å². The number of hydrogen-bond donors (Lipinski definition) is 1. The predicted octanol–water partition coefficient (Wildman–Crippen LogP) is 2.47. The summed E-state index contributed by atoms with van der Waals surface area (Å²) in [6.45, 7) is 3.61. The van der Waals surface area contributed by atoms with E-state index < -0.39 is 0 Å². The molecular formula is C9H9ClN4OS. The van der Waals surface area contributed by atoms with Crippen molar-refractivity contribution in [3.63, 3.8) is 0 Å². The van der Waals surface area contributed by atoms with Gasteiger partial charge in [0.1, 0.15) is 11.3 Å². The zero-order valence-electron chi connectivity index (χ0n) is 8.69. The molecule has 0 aliphatic carbocycles. The van der Waals surface area contributed by atoms with Crippen LogP contribution in [0.25, 0.3) is 0 Å². The number of nitrogens with two attached hydrogens (primary N) is 1. The molecule has 16 heavy (non-hydrogen) atoms. The highest BCUT2D eigenvalue weighted by molar-refractivity contribution is 7.99. The highest BCUT2D eigenvalue weighted by Gasteiger charge is 2.12. The molecule has 0 amide bonds. The molecule has 2 aromatic rings. The fraction of sp³-hybridized carbons (Fsp3) is 0.222. The van der Waals surface area contributed by atoms with E-state index in [0.717, 1.165) is 5.69 Å². The number of hydrogen-bond acceptors (Lipinski definition) is 6. The molecule has 0 aromatic carbocycles. The fourth-order valence-electron chi connectivity index (χ4n) is 1.06. The Morgan fingerprint density at radius 1 is 1.31 bits per heavy atom. The first-order valence-electron chi connectivity index (χ1n) is 4.46. The first-order valence-corrected chi connectivity index (χ1v) is 5.65. The summed E-state index contributed by atoms with van der Waals surface area (Å²) < 4.78 is 5.20. The number of aryl methyl sites for hydroxylation is 2. The Morgan fingerprint density at radius 2 is 2.06 bits per heavy atom. The average Bonchev–Trinajstić information content (AvgIpc) is 2.60. The van der Waals surface area contributed by atoms with Crippen LogP contribution in [0, 0.1) is 13.8 Å². The second-order valence-electron chi connectivity index (χ2n) is 3.15. The molecule has 0 fully saturated rings. The molecule has 5 nitrogen and oxygen atoms in total. The van der Waals surface area contributed by atoms with Crippen LogP contribution in [0.2, 0.25) is 5.28 Å². The van der Waals surface area contributed by atoms with Crippen LogP contribution >= 0.6 is 23.4 Å². The van der Waals surface area contributed by atoms with Crippen LogP contribution in [-0.4, -0.2) is 15.0 Å². The molecule has 2 rings (SSSR count). The molecule has 0 saturated heterocycles. The molecule has 2 N–H and O–H groups in total. The Balaban J connectivity index is 2.34. The first kappa shape index (κ1) is 11.2. The summed E-state index contributed by atoms with van der Waals surface area (Å²) in [6, 6.07) is 0. The zero-order valence-corrected chi connectivity index (χ0v) is 10.3. The maximum atomic E-state index is 5.83. The van der Waals surface area contributed by atoms with Gasteiger partial charge in [0.05, 0.1) is 17.1 Å². The van der Waals surface area contributed by atoms with E-state index in [-0.39, 0.29) is 5.28 Å². The standard InChI is InChI=1S/C9H9ClN4OS/c1-4-3-15-9(12-4)16-7-6(11)5(2)13-8(10)14-7/h3H,11H2,1-2H3.